The number of amides is 2. The van der Waals surface area contributed by atoms with E-state index in [4.69, 9.17) is 11.6 Å². The fraction of sp³-hybridized carbons (Fsp3) is 0.476. The summed E-state index contributed by atoms with van der Waals surface area (Å²) < 4.78 is 40.7. The summed E-state index contributed by atoms with van der Waals surface area (Å²) in [6.07, 6.45) is 4.73. The molecule has 2 aromatic rings. The van der Waals surface area contributed by atoms with Crippen LogP contribution in [0.25, 0.3) is 11.3 Å². The van der Waals surface area contributed by atoms with Crippen LogP contribution in [0.1, 0.15) is 48.2 Å². The number of hydrogen-bond acceptors (Lipinski definition) is 5. The molecule has 0 spiro atoms. The van der Waals surface area contributed by atoms with Crippen LogP contribution in [0.2, 0.25) is 5.02 Å². The predicted octanol–water partition coefficient (Wildman–Crippen LogP) is 2.54. The Labute approximate surface area is 197 Å². The van der Waals surface area contributed by atoms with Gasteiger partial charge in [-0.3, -0.25) is 19.7 Å². The van der Waals surface area contributed by atoms with Gasteiger partial charge in [0.2, 0.25) is 15.9 Å². The Hall–Kier alpha value is -2.50. The molecule has 1 saturated carbocycles. The average Bonchev–Trinajstić information content (AvgIpc) is 3.14. The van der Waals surface area contributed by atoms with Crippen molar-refractivity contribution in [2.75, 3.05) is 12.8 Å². The maximum Gasteiger partial charge on any atom is 0.269 e. The highest BCUT2D eigenvalue weighted by Crippen LogP contribution is 2.28. The van der Waals surface area contributed by atoms with Gasteiger partial charge in [0, 0.05) is 18.3 Å². The number of aromatic nitrogens is 2. The van der Waals surface area contributed by atoms with Gasteiger partial charge in [-0.15, -0.1) is 4.83 Å². The van der Waals surface area contributed by atoms with Crippen LogP contribution in [-0.2, 0) is 21.4 Å². The van der Waals surface area contributed by atoms with Crippen molar-refractivity contribution < 1.29 is 22.4 Å². The third-order valence-corrected chi connectivity index (χ3v) is 7.22. The van der Waals surface area contributed by atoms with Gasteiger partial charge in [0.25, 0.3) is 5.91 Å². The maximum absolute atomic E-state index is 14.6. The van der Waals surface area contributed by atoms with Crippen molar-refractivity contribution in [3.8, 4) is 11.3 Å². The minimum atomic E-state index is -3.78. The number of carbonyl (C=O) groups excluding carboxylic acids is 2. The van der Waals surface area contributed by atoms with Crippen molar-refractivity contribution in [3.05, 3.63) is 40.3 Å². The van der Waals surface area contributed by atoms with Gasteiger partial charge in [0.15, 0.2) is 5.82 Å². The van der Waals surface area contributed by atoms with E-state index >= 15 is 0 Å². The van der Waals surface area contributed by atoms with Crippen molar-refractivity contribution in [2.45, 2.75) is 45.6 Å². The molecule has 33 heavy (non-hydrogen) atoms. The number of hydrazine groups is 1. The van der Waals surface area contributed by atoms with E-state index in [1.165, 1.54) is 23.9 Å². The number of likely N-dealkylation sites (N-methyl/N-ethyl adjacent to an activating group) is 1. The molecule has 1 fully saturated rings. The lowest BCUT2D eigenvalue weighted by Gasteiger charge is -2.21. The van der Waals surface area contributed by atoms with Crippen LogP contribution in [-0.4, -0.2) is 42.8 Å². The summed E-state index contributed by atoms with van der Waals surface area (Å²) in [6, 6.07) is 4.21. The van der Waals surface area contributed by atoms with Crippen LogP contribution in [0.3, 0.4) is 0 Å². The fourth-order valence-electron chi connectivity index (χ4n) is 3.83. The van der Waals surface area contributed by atoms with Crippen LogP contribution in [0.4, 0.5) is 4.39 Å². The molecule has 1 aromatic carbocycles. The summed E-state index contributed by atoms with van der Waals surface area (Å²) in [5.74, 6) is -2.27. The summed E-state index contributed by atoms with van der Waals surface area (Å²) in [7, 11) is -2.27. The number of nitrogens with one attached hydrogen (secondary N) is 3. The molecule has 0 radical (unpaired) electrons. The molecular weight excluding hydrogens is 473 g/mol. The van der Waals surface area contributed by atoms with Crippen LogP contribution < -0.4 is 15.6 Å². The quantitative estimate of drug-likeness (QED) is 0.482. The molecular formula is C21H27ClFN5O4S. The molecule has 180 valence electrons. The smallest absolute Gasteiger partial charge is 0.269 e. The van der Waals surface area contributed by atoms with E-state index in [9.17, 15) is 22.4 Å². The first-order valence-corrected chi connectivity index (χ1v) is 12.7. The monoisotopic (exact) mass is 499 g/mol. The average molecular weight is 500 g/mol. The second-order valence-corrected chi connectivity index (χ2v) is 10.3. The zero-order chi connectivity index (χ0) is 24.2. The summed E-state index contributed by atoms with van der Waals surface area (Å²) in [5, 5.41) is 6.51. The van der Waals surface area contributed by atoms with E-state index in [0.717, 1.165) is 32.1 Å². The SMILES string of the molecule is CNC(=O)Cn1nc(-c2cc(Cl)c(F)c(C(=O)NNS(=O)(=O)CC3CCCCC3)c2)cc1C. The van der Waals surface area contributed by atoms with Gasteiger partial charge in [0.05, 0.1) is 22.0 Å². The lowest BCUT2D eigenvalue weighted by Crippen LogP contribution is -2.44. The number of rotatable bonds is 8. The number of sulfonamides is 1. The summed E-state index contributed by atoms with van der Waals surface area (Å²) in [5.41, 5.74) is 3.04. The van der Waals surface area contributed by atoms with Gasteiger partial charge in [-0.2, -0.15) is 5.10 Å². The molecule has 0 aliphatic heterocycles. The van der Waals surface area contributed by atoms with Gasteiger partial charge in [-0.25, -0.2) is 12.8 Å². The minimum absolute atomic E-state index is 0.00657. The molecule has 3 rings (SSSR count). The second-order valence-electron chi connectivity index (χ2n) is 8.16. The Morgan fingerprint density at radius 3 is 2.58 bits per heavy atom. The van der Waals surface area contributed by atoms with Crippen LogP contribution in [0.5, 0.6) is 0 Å². The van der Waals surface area contributed by atoms with Gasteiger partial charge in [-0.05, 0) is 43.9 Å². The van der Waals surface area contributed by atoms with E-state index in [1.807, 2.05) is 0 Å². The molecule has 0 saturated heterocycles. The maximum atomic E-state index is 14.6. The molecule has 0 bridgehead atoms. The normalized spacial score (nSPS) is 14.8. The zero-order valence-electron chi connectivity index (χ0n) is 18.5. The lowest BCUT2D eigenvalue weighted by atomic mass is 9.91. The Balaban J connectivity index is 1.76. The number of carbonyl (C=O) groups is 2. The number of nitrogens with zero attached hydrogens (tertiary/aromatic N) is 2. The topological polar surface area (TPSA) is 122 Å². The molecule has 1 aliphatic carbocycles. The highest BCUT2D eigenvalue weighted by atomic mass is 35.5. The standard InChI is InChI=1S/C21H27ClFN5O4S/c1-13-8-18(26-28(13)11-19(29)24-2)15-9-16(20(23)17(22)10-15)21(30)25-27-33(31,32)12-14-6-4-3-5-7-14/h8-10,14,27H,3-7,11-12H2,1-2H3,(H,24,29)(H,25,30). The van der Waals surface area contributed by atoms with Crippen LogP contribution in [0, 0.1) is 18.7 Å². The minimum Gasteiger partial charge on any atom is -0.358 e. The van der Waals surface area contributed by atoms with Crippen molar-refractivity contribution in [1.82, 2.24) is 25.4 Å². The molecule has 1 aromatic heterocycles. The summed E-state index contributed by atoms with van der Waals surface area (Å²) >= 11 is 5.99. The molecule has 9 nitrogen and oxygen atoms in total. The highest BCUT2D eigenvalue weighted by molar-refractivity contribution is 7.89. The first kappa shape index (κ1) is 25.1. The number of halogens is 2. The van der Waals surface area contributed by atoms with Gasteiger partial charge in [-0.1, -0.05) is 30.9 Å². The highest BCUT2D eigenvalue weighted by Gasteiger charge is 2.23. The van der Waals surface area contributed by atoms with Gasteiger partial charge in [0.1, 0.15) is 6.54 Å². The first-order valence-electron chi connectivity index (χ1n) is 10.6. The molecule has 2 amide bonds. The third-order valence-electron chi connectivity index (χ3n) is 5.62. The third kappa shape index (κ3) is 6.52. The molecule has 0 unspecified atom stereocenters. The largest absolute Gasteiger partial charge is 0.358 e. The Kier molecular flexibility index (Phi) is 8.09. The number of aryl methyl sites for hydroxylation is 1. The lowest BCUT2D eigenvalue weighted by molar-refractivity contribution is -0.121. The van der Waals surface area contributed by atoms with E-state index < -0.39 is 27.3 Å². The van der Waals surface area contributed by atoms with Crippen molar-refractivity contribution in [1.29, 1.82) is 0 Å². The van der Waals surface area contributed by atoms with Crippen molar-refractivity contribution >= 4 is 33.4 Å². The van der Waals surface area contributed by atoms with Crippen LogP contribution >= 0.6 is 11.6 Å². The second kappa shape index (κ2) is 10.6. The molecule has 1 heterocycles. The summed E-state index contributed by atoms with van der Waals surface area (Å²) in [6.45, 7) is 1.74. The van der Waals surface area contributed by atoms with Crippen molar-refractivity contribution in [3.63, 3.8) is 0 Å². The Bertz CT molecular complexity index is 1150. The van der Waals surface area contributed by atoms with E-state index in [-0.39, 0.29) is 29.1 Å². The van der Waals surface area contributed by atoms with Crippen LogP contribution in [0.15, 0.2) is 18.2 Å². The predicted molar refractivity (Wildman–Crippen MR) is 122 cm³/mol. The molecule has 3 N–H and O–H groups in total. The molecule has 1 aliphatic rings. The van der Waals surface area contributed by atoms with Gasteiger partial charge < -0.3 is 5.32 Å². The molecule has 12 heteroatoms. The van der Waals surface area contributed by atoms with Crippen molar-refractivity contribution in [2.24, 2.45) is 5.92 Å². The Morgan fingerprint density at radius 2 is 1.91 bits per heavy atom. The summed E-state index contributed by atoms with van der Waals surface area (Å²) in [4.78, 5) is 26.3. The number of benzene rings is 1. The van der Waals surface area contributed by atoms with Gasteiger partial charge >= 0.3 is 0 Å². The molecule has 0 atom stereocenters. The Morgan fingerprint density at radius 1 is 1.21 bits per heavy atom. The van der Waals surface area contributed by atoms with E-state index in [2.05, 4.69) is 20.7 Å². The van der Waals surface area contributed by atoms with E-state index in [0.29, 0.717) is 17.0 Å². The fourth-order valence-corrected chi connectivity index (χ4v) is 5.33. The van der Waals surface area contributed by atoms with E-state index in [1.54, 1.807) is 13.0 Å². The number of hydrogen-bond donors (Lipinski definition) is 3. The zero-order valence-corrected chi connectivity index (χ0v) is 20.0. The first-order chi connectivity index (χ1) is 15.6.